The van der Waals surface area contributed by atoms with Crippen LogP contribution in [0.4, 0.5) is 5.69 Å². The van der Waals surface area contributed by atoms with E-state index in [-0.39, 0.29) is 30.9 Å². The number of nitrogens with two attached hydrogens (primary N) is 1. The molecular weight excluding hydrogens is 315 g/mol. The van der Waals surface area contributed by atoms with Gasteiger partial charge in [0.1, 0.15) is 0 Å². The molecule has 0 spiro atoms. The number of hydrogen-bond donors (Lipinski definition) is 2. The molecular formula is C12H18Cl2N6O. The van der Waals surface area contributed by atoms with Crippen LogP contribution in [0.25, 0.3) is 11.5 Å². The lowest BCUT2D eigenvalue weighted by Gasteiger charge is -2.30. The molecule has 2 aromatic heterocycles. The first-order valence-electron chi connectivity index (χ1n) is 6.20. The third-order valence-electron chi connectivity index (χ3n) is 3.34. The highest BCUT2D eigenvalue weighted by atomic mass is 35.5. The van der Waals surface area contributed by atoms with Crippen molar-refractivity contribution in [3.05, 3.63) is 24.3 Å². The van der Waals surface area contributed by atoms with Crippen molar-refractivity contribution >= 4 is 30.5 Å². The second-order valence-corrected chi connectivity index (χ2v) is 4.62. The number of piperazine rings is 1. The van der Waals surface area contributed by atoms with Gasteiger partial charge < -0.3 is 15.6 Å². The highest BCUT2D eigenvalue weighted by Crippen LogP contribution is 2.25. The van der Waals surface area contributed by atoms with Crippen LogP contribution in [0.2, 0.25) is 0 Å². The van der Waals surface area contributed by atoms with Crippen LogP contribution in [0, 0.1) is 0 Å². The summed E-state index contributed by atoms with van der Waals surface area (Å²) in [5.74, 6) is 1.09. The minimum absolute atomic E-state index is 0. The van der Waals surface area contributed by atoms with E-state index in [1.807, 2.05) is 0 Å². The van der Waals surface area contributed by atoms with E-state index >= 15 is 0 Å². The molecule has 0 bridgehead atoms. The van der Waals surface area contributed by atoms with Gasteiger partial charge in [0.15, 0.2) is 5.82 Å². The van der Waals surface area contributed by atoms with Crippen molar-refractivity contribution in [1.82, 2.24) is 25.3 Å². The lowest BCUT2D eigenvalue weighted by Crippen LogP contribution is -2.44. The quantitative estimate of drug-likeness (QED) is 0.851. The predicted octanol–water partition coefficient (Wildman–Crippen LogP) is 1.13. The van der Waals surface area contributed by atoms with Gasteiger partial charge >= 0.3 is 0 Å². The molecule has 1 aliphatic rings. The van der Waals surface area contributed by atoms with Crippen molar-refractivity contribution in [3.8, 4) is 11.5 Å². The first-order chi connectivity index (χ1) is 9.25. The molecule has 1 unspecified atom stereocenters. The van der Waals surface area contributed by atoms with Crippen LogP contribution < -0.4 is 11.1 Å². The van der Waals surface area contributed by atoms with Gasteiger partial charge in [-0.2, -0.15) is 4.98 Å². The average Bonchev–Trinajstić information content (AvgIpc) is 2.89. The summed E-state index contributed by atoms with van der Waals surface area (Å²) in [7, 11) is 2.06. The Hall–Kier alpha value is -1.41. The molecule has 3 N–H and O–H groups in total. The zero-order valence-electron chi connectivity index (χ0n) is 11.5. The summed E-state index contributed by atoms with van der Waals surface area (Å²) in [5.41, 5.74) is 7.13. The first kappa shape index (κ1) is 17.6. The van der Waals surface area contributed by atoms with Crippen molar-refractivity contribution in [2.75, 3.05) is 32.4 Å². The van der Waals surface area contributed by atoms with Gasteiger partial charge in [0.2, 0.25) is 0 Å². The van der Waals surface area contributed by atoms with Crippen LogP contribution in [-0.4, -0.2) is 46.7 Å². The summed E-state index contributed by atoms with van der Waals surface area (Å²) < 4.78 is 5.30. The van der Waals surface area contributed by atoms with Gasteiger partial charge in [0, 0.05) is 37.7 Å². The molecule has 0 radical (unpaired) electrons. The van der Waals surface area contributed by atoms with Crippen molar-refractivity contribution in [2.24, 2.45) is 0 Å². The number of halogens is 2. The molecule has 116 valence electrons. The fourth-order valence-corrected chi connectivity index (χ4v) is 2.16. The Bertz CT molecular complexity index is 578. The van der Waals surface area contributed by atoms with Crippen LogP contribution in [0.15, 0.2) is 23.0 Å². The van der Waals surface area contributed by atoms with E-state index in [9.17, 15) is 0 Å². The highest BCUT2D eigenvalue weighted by Gasteiger charge is 2.25. The zero-order chi connectivity index (χ0) is 13.2. The molecule has 1 saturated heterocycles. The van der Waals surface area contributed by atoms with E-state index in [0.717, 1.165) is 19.6 Å². The van der Waals surface area contributed by atoms with Gasteiger partial charge in [-0.1, -0.05) is 5.16 Å². The lowest BCUT2D eigenvalue weighted by molar-refractivity contribution is 0.190. The Morgan fingerprint density at radius 1 is 1.43 bits per heavy atom. The van der Waals surface area contributed by atoms with Crippen LogP contribution in [0.1, 0.15) is 11.9 Å². The second-order valence-electron chi connectivity index (χ2n) is 4.62. The summed E-state index contributed by atoms with van der Waals surface area (Å²) >= 11 is 0. The van der Waals surface area contributed by atoms with Gasteiger partial charge in [-0.05, 0) is 13.1 Å². The van der Waals surface area contributed by atoms with Crippen LogP contribution in [0.3, 0.4) is 0 Å². The maximum Gasteiger partial charge on any atom is 0.261 e. The van der Waals surface area contributed by atoms with E-state index in [0.29, 0.717) is 23.0 Å². The fourth-order valence-electron chi connectivity index (χ4n) is 2.16. The molecule has 0 aliphatic carbocycles. The minimum Gasteiger partial charge on any atom is -0.398 e. The molecule has 1 atom stereocenters. The largest absolute Gasteiger partial charge is 0.398 e. The number of aromatic nitrogens is 3. The standard InChI is InChI=1S/C12H16N6O.2ClH/c1-18-5-4-15-7-10(18)11-16-12(19-17-11)8-6-14-3-2-9(8)13;;/h2-3,6,10,15H,4-5,7H2,1H3,(H2,13,14);2*1H. The molecule has 3 rings (SSSR count). The van der Waals surface area contributed by atoms with Gasteiger partial charge in [0.25, 0.3) is 5.89 Å². The molecule has 1 fully saturated rings. The Balaban J connectivity index is 0.00000110. The number of nitrogens with one attached hydrogen (secondary N) is 1. The summed E-state index contributed by atoms with van der Waals surface area (Å²) in [4.78, 5) is 10.7. The van der Waals surface area contributed by atoms with Gasteiger partial charge in [0.05, 0.1) is 11.6 Å². The van der Waals surface area contributed by atoms with E-state index in [1.165, 1.54) is 0 Å². The van der Waals surface area contributed by atoms with Crippen molar-refractivity contribution < 1.29 is 4.52 Å². The van der Waals surface area contributed by atoms with Crippen molar-refractivity contribution in [2.45, 2.75) is 6.04 Å². The molecule has 7 nitrogen and oxygen atoms in total. The molecule has 2 aromatic rings. The van der Waals surface area contributed by atoms with Crippen molar-refractivity contribution in [3.63, 3.8) is 0 Å². The fraction of sp³-hybridized carbons (Fsp3) is 0.417. The van der Waals surface area contributed by atoms with Gasteiger partial charge in [-0.3, -0.25) is 9.88 Å². The van der Waals surface area contributed by atoms with Gasteiger partial charge in [-0.15, -0.1) is 24.8 Å². The second kappa shape index (κ2) is 7.56. The summed E-state index contributed by atoms with van der Waals surface area (Å²) in [6.07, 6.45) is 3.27. The molecule has 1 aliphatic heterocycles. The maximum atomic E-state index is 5.88. The molecule has 0 aromatic carbocycles. The van der Waals surface area contributed by atoms with Crippen molar-refractivity contribution in [1.29, 1.82) is 0 Å². The molecule has 0 amide bonds. The number of likely N-dealkylation sites (N-methyl/N-ethyl adjacent to an activating group) is 1. The Morgan fingerprint density at radius 3 is 2.95 bits per heavy atom. The average molecular weight is 333 g/mol. The summed E-state index contributed by atoms with van der Waals surface area (Å²) in [6.45, 7) is 2.76. The van der Waals surface area contributed by atoms with Crippen LogP contribution >= 0.6 is 24.8 Å². The lowest BCUT2D eigenvalue weighted by atomic mass is 10.2. The summed E-state index contributed by atoms with van der Waals surface area (Å²) in [6, 6.07) is 1.84. The highest BCUT2D eigenvalue weighted by molar-refractivity contribution is 5.85. The first-order valence-corrected chi connectivity index (χ1v) is 6.20. The number of anilines is 1. The monoisotopic (exact) mass is 332 g/mol. The Labute approximate surface area is 135 Å². The van der Waals surface area contributed by atoms with Gasteiger partial charge in [-0.25, -0.2) is 0 Å². The number of rotatable bonds is 2. The topological polar surface area (TPSA) is 93.1 Å². The van der Waals surface area contributed by atoms with E-state index in [2.05, 4.69) is 32.4 Å². The SMILES string of the molecule is CN1CCNCC1c1noc(-c2cnccc2N)n1.Cl.Cl. The maximum absolute atomic E-state index is 5.88. The number of nitrogen functional groups attached to an aromatic ring is 1. The third-order valence-corrected chi connectivity index (χ3v) is 3.34. The number of pyridine rings is 1. The third kappa shape index (κ3) is 3.62. The number of hydrogen-bond acceptors (Lipinski definition) is 7. The normalized spacial score (nSPS) is 18.6. The Morgan fingerprint density at radius 2 is 2.24 bits per heavy atom. The minimum atomic E-state index is 0. The molecule has 21 heavy (non-hydrogen) atoms. The Kier molecular flexibility index (Phi) is 6.35. The number of nitrogens with zero attached hydrogens (tertiary/aromatic N) is 4. The smallest absolute Gasteiger partial charge is 0.261 e. The zero-order valence-corrected chi connectivity index (χ0v) is 13.2. The van der Waals surface area contributed by atoms with E-state index in [4.69, 9.17) is 10.3 Å². The predicted molar refractivity (Wildman–Crippen MR) is 84.7 cm³/mol. The molecule has 0 saturated carbocycles. The molecule has 3 heterocycles. The van der Waals surface area contributed by atoms with E-state index < -0.39 is 0 Å². The van der Waals surface area contributed by atoms with Crippen LogP contribution in [0.5, 0.6) is 0 Å². The molecule has 9 heteroatoms. The summed E-state index contributed by atoms with van der Waals surface area (Å²) in [5, 5.41) is 7.38. The van der Waals surface area contributed by atoms with E-state index in [1.54, 1.807) is 18.5 Å². The van der Waals surface area contributed by atoms with Crippen LogP contribution in [-0.2, 0) is 0 Å².